The minimum atomic E-state index is -5.17. The first kappa shape index (κ1) is 25.4. The topological polar surface area (TPSA) is 67.9 Å². The van der Waals surface area contributed by atoms with Gasteiger partial charge in [-0.2, -0.15) is 13.2 Å². The van der Waals surface area contributed by atoms with Crippen LogP contribution in [-0.4, -0.2) is 32.1 Å². The SMILES string of the molecule is COc1ccc([C@H]2CC(=O)C3=C(C2)Nc2ccccc2N(C(=O)C(F)(F)F)[C@H]3c2cccc(OC)c2)cc1. The standard InChI is InChI=1S/C29H25F3N2O4/c1-37-20-12-10-17(11-13-20)19-15-23-26(25(35)16-19)27(18-6-5-7-21(14-18)38-2)34(28(36)29(30,31)32)24-9-4-3-8-22(24)33-23/h3-14,19,27,33H,15-16H2,1-2H3/t19-,27+/m1/s1. The number of hydrogen-bond acceptors (Lipinski definition) is 5. The molecule has 6 nitrogen and oxygen atoms in total. The molecule has 2 atom stereocenters. The fourth-order valence-corrected chi connectivity index (χ4v) is 5.19. The lowest BCUT2D eigenvalue weighted by Crippen LogP contribution is -2.45. The summed E-state index contributed by atoms with van der Waals surface area (Å²) in [6.07, 6.45) is -4.72. The van der Waals surface area contributed by atoms with Gasteiger partial charge in [0.05, 0.1) is 31.6 Å². The molecule has 196 valence electrons. The number of carbonyl (C=O) groups excluding carboxylic acids is 2. The van der Waals surface area contributed by atoms with Gasteiger partial charge in [0.2, 0.25) is 0 Å². The van der Waals surface area contributed by atoms with Crippen molar-refractivity contribution >= 4 is 23.1 Å². The number of amides is 1. The zero-order valence-electron chi connectivity index (χ0n) is 20.7. The highest BCUT2D eigenvalue weighted by atomic mass is 19.4. The number of nitrogens with one attached hydrogen (secondary N) is 1. The maximum Gasteiger partial charge on any atom is 0.471 e. The van der Waals surface area contributed by atoms with Gasteiger partial charge in [-0.15, -0.1) is 0 Å². The van der Waals surface area contributed by atoms with E-state index in [1.54, 1.807) is 49.6 Å². The molecule has 1 amide bonds. The summed E-state index contributed by atoms with van der Waals surface area (Å²) < 4.78 is 52.6. The molecular weight excluding hydrogens is 497 g/mol. The van der Waals surface area contributed by atoms with Crippen LogP contribution in [0.1, 0.15) is 35.9 Å². The van der Waals surface area contributed by atoms with Gasteiger partial charge in [-0.1, -0.05) is 36.4 Å². The van der Waals surface area contributed by atoms with Crippen molar-refractivity contribution in [1.82, 2.24) is 0 Å². The van der Waals surface area contributed by atoms with Gasteiger partial charge in [-0.25, -0.2) is 0 Å². The van der Waals surface area contributed by atoms with Gasteiger partial charge in [-0.3, -0.25) is 14.5 Å². The summed E-state index contributed by atoms with van der Waals surface area (Å²) >= 11 is 0. The second-order valence-corrected chi connectivity index (χ2v) is 9.19. The van der Waals surface area contributed by atoms with Crippen molar-refractivity contribution in [3.05, 3.63) is 95.2 Å². The number of hydrogen-bond donors (Lipinski definition) is 1. The van der Waals surface area contributed by atoms with E-state index in [1.807, 2.05) is 24.3 Å². The van der Waals surface area contributed by atoms with Crippen LogP contribution >= 0.6 is 0 Å². The van der Waals surface area contributed by atoms with Gasteiger partial charge < -0.3 is 14.8 Å². The van der Waals surface area contributed by atoms with E-state index in [0.29, 0.717) is 39.8 Å². The normalized spacial score (nSPS) is 19.2. The summed E-state index contributed by atoms with van der Waals surface area (Å²) in [4.78, 5) is 27.5. The third-order valence-electron chi connectivity index (χ3n) is 6.95. The second-order valence-electron chi connectivity index (χ2n) is 9.19. The summed E-state index contributed by atoms with van der Waals surface area (Å²) in [5.41, 5.74) is 2.21. The summed E-state index contributed by atoms with van der Waals surface area (Å²) in [6.45, 7) is 0. The highest BCUT2D eigenvalue weighted by Crippen LogP contribution is 2.48. The number of methoxy groups -OCH3 is 2. The highest BCUT2D eigenvalue weighted by molar-refractivity contribution is 6.07. The van der Waals surface area contributed by atoms with Crippen LogP contribution in [0.15, 0.2) is 84.1 Å². The minimum Gasteiger partial charge on any atom is -0.497 e. The van der Waals surface area contributed by atoms with E-state index in [0.717, 1.165) is 5.56 Å². The highest BCUT2D eigenvalue weighted by Gasteiger charge is 2.50. The van der Waals surface area contributed by atoms with Crippen molar-refractivity contribution in [3.63, 3.8) is 0 Å². The lowest BCUT2D eigenvalue weighted by Gasteiger charge is -2.35. The Bertz CT molecular complexity index is 1420. The smallest absolute Gasteiger partial charge is 0.471 e. The van der Waals surface area contributed by atoms with E-state index in [4.69, 9.17) is 9.47 Å². The van der Waals surface area contributed by atoms with Gasteiger partial charge >= 0.3 is 12.1 Å². The van der Waals surface area contributed by atoms with Gasteiger partial charge in [0.15, 0.2) is 5.78 Å². The van der Waals surface area contributed by atoms with E-state index in [9.17, 15) is 22.8 Å². The van der Waals surface area contributed by atoms with Crippen LogP contribution in [0.3, 0.4) is 0 Å². The first-order valence-corrected chi connectivity index (χ1v) is 12.0. The Balaban J connectivity index is 1.71. The quantitative estimate of drug-likeness (QED) is 0.444. The molecule has 0 unspecified atom stereocenters. The van der Waals surface area contributed by atoms with Crippen molar-refractivity contribution in [1.29, 1.82) is 0 Å². The minimum absolute atomic E-state index is 0.0332. The molecule has 0 aromatic heterocycles. The summed E-state index contributed by atoms with van der Waals surface area (Å²) in [7, 11) is 3.01. The molecule has 1 heterocycles. The number of anilines is 2. The zero-order valence-corrected chi connectivity index (χ0v) is 20.7. The van der Waals surface area contributed by atoms with Gasteiger partial charge in [0.25, 0.3) is 0 Å². The van der Waals surface area contributed by atoms with E-state index in [1.165, 1.54) is 13.2 Å². The molecule has 5 rings (SSSR count). The summed E-state index contributed by atoms with van der Waals surface area (Å²) in [5, 5.41) is 3.22. The van der Waals surface area contributed by atoms with E-state index in [-0.39, 0.29) is 29.4 Å². The van der Waals surface area contributed by atoms with Crippen molar-refractivity contribution in [2.24, 2.45) is 0 Å². The number of rotatable bonds is 4. The zero-order chi connectivity index (χ0) is 27.0. The molecule has 3 aromatic carbocycles. The molecule has 1 aliphatic carbocycles. The second kappa shape index (κ2) is 9.89. The van der Waals surface area contributed by atoms with Crippen LogP contribution in [0, 0.1) is 0 Å². The Morgan fingerprint density at radius 3 is 2.29 bits per heavy atom. The van der Waals surface area contributed by atoms with Crippen LogP contribution in [0.5, 0.6) is 11.5 Å². The maximum absolute atomic E-state index is 14.0. The van der Waals surface area contributed by atoms with E-state index in [2.05, 4.69) is 5.32 Å². The number of Topliss-reactive ketones (excluding diaryl/α,β-unsaturated/α-hetero) is 1. The summed E-state index contributed by atoms with van der Waals surface area (Å²) in [5.74, 6) is -1.52. The van der Waals surface area contributed by atoms with Crippen LogP contribution in [0.4, 0.5) is 24.5 Å². The Kier molecular flexibility index (Phi) is 6.60. The molecule has 9 heteroatoms. The largest absolute Gasteiger partial charge is 0.497 e. The molecule has 38 heavy (non-hydrogen) atoms. The van der Waals surface area contributed by atoms with Crippen molar-refractivity contribution in [2.45, 2.75) is 31.0 Å². The molecule has 0 bridgehead atoms. The Morgan fingerprint density at radius 1 is 0.895 bits per heavy atom. The molecule has 3 aromatic rings. The molecule has 1 N–H and O–H groups in total. The number of ketones is 1. The Labute approximate surface area is 217 Å². The molecular formula is C29H25F3N2O4. The van der Waals surface area contributed by atoms with Gasteiger partial charge in [0.1, 0.15) is 11.5 Å². The van der Waals surface area contributed by atoms with Crippen molar-refractivity contribution in [3.8, 4) is 11.5 Å². The predicted octanol–water partition coefficient (Wildman–Crippen LogP) is 6.17. The molecule has 1 aliphatic heterocycles. The van der Waals surface area contributed by atoms with Gasteiger partial charge in [0, 0.05) is 17.7 Å². The van der Waals surface area contributed by atoms with E-state index >= 15 is 0 Å². The molecule has 0 saturated heterocycles. The lowest BCUT2D eigenvalue weighted by molar-refractivity contribution is -0.170. The fourth-order valence-electron chi connectivity index (χ4n) is 5.19. The number of para-hydroxylation sites is 2. The maximum atomic E-state index is 14.0. The van der Waals surface area contributed by atoms with Crippen molar-refractivity contribution in [2.75, 3.05) is 24.4 Å². The summed E-state index contributed by atoms with van der Waals surface area (Å²) in [6, 6.07) is 18.8. The molecule has 0 radical (unpaired) electrons. The predicted molar refractivity (Wildman–Crippen MR) is 136 cm³/mol. The number of halogens is 3. The first-order valence-electron chi connectivity index (χ1n) is 12.0. The monoisotopic (exact) mass is 522 g/mol. The van der Waals surface area contributed by atoms with E-state index < -0.39 is 18.1 Å². The number of ether oxygens (including phenoxy) is 2. The number of fused-ring (bicyclic) bond motifs is 1. The lowest BCUT2D eigenvalue weighted by atomic mass is 9.78. The van der Waals surface area contributed by atoms with Gasteiger partial charge in [-0.05, 0) is 59.9 Å². The van der Waals surface area contributed by atoms with Crippen LogP contribution in [-0.2, 0) is 9.59 Å². The number of allylic oxidation sites excluding steroid dienone is 1. The number of carbonyl (C=O) groups is 2. The molecule has 2 aliphatic rings. The van der Waals surface area contributed by atoms with Crippen LogP contribution in [0.2, 0.25) is 0 Å². The molecule has 0 fully saturated rings. The third-order valence-corrected chi connectivity index (χ3v) is 6.95. The molecule has 0 saturated carbocycles. The number of alkyl halides is 3. The average Bonchev–Trinajstić information content (AvgIpc) is 3.06. The third kappa shape index (κ3) is 4.60. The Morgan fingerprint density at radius 2 is 1.61 bits per heavy atom. The van der Waals surface area contributed by atoms with Crippen molar-refractivity contribution < 1.29 is 32.2 Å². The molecule has 0 spiro atoms. The Hall–Kier alpha value is -4.27. The fraction of sp³-hybridized carbons (Fsp3) is 0.241. The van der Waals surface area contributed by atoms with Crippen LogP contribution in [0.25, 0.3) is 0 Å². The number of nitrogens with zero attached hydrogens (tertiary/aromatic N) is 1. The average molecular weight is 523 g/mol. The number of benzene rings is 3. The van der Waals surface area contributed by atoms with Crippen LogP contribution < -0.4 is 19.7 Å². The first-order chi connectivity index (χ1) is 18.2.